The number of carbonyl (C=O) groups is 1. The zero-order valence-electron chi connectivity index (χ0n) is 13.3. The molecule has 9 heteroatoms. The number of fused-ring (bicyclic) bond motifs is 1. The highest BCUT2D eigenvalue weighted by Crippen LogP contribution is 2.18. The molecule has 0 spiro atoms. The zero-order chi connectivity index (χ0) is 16.5. The van der Waals surface area contributed by atoms with Crippen LogP contribution in [0.15, 0.2) is 37.2 Å². The van der Waals surface area contributed by atoms with E-state index in [4.69, 9.17) is 0 Å². The van der Waals surface area contributed by atoms with Gasteiger partial charge in [-0.15, -0.1) is 5.10 Å². The Kier molecular flexibility index (Phi) is 3.60. The molecule has 124 valence electrons. The van der Waals surface area contributed by atoms with Crippen molar-refractivity contribution < 1.29 is 4.79 Å². The van der Waals surface area contributed by atoms with Crippen molar-refractivity contribution in [2.75, 3.05) is 18.4 Å². The lowest BCUT2D eigenvalue weighted by Gasteiger charge is -2.21. The SMILES string of the molecule is C[C@H](C(=O)N1CC[C@H](Nc2ccc3nccn3n2)C1)n1cncn1. The van der Waals surface area contributed by atoms with E-state index in [1.54, 1.807) is 21.7 Å². The summed E-state index contributed by atoms with van der Waals surface area (Å²) in [5.41, 5.74) is 0.811. The van der Waals surface area contributed by atoms with Crippen molar-refractivity contribution in [1.82, 2.24) is 34.3 Å². The first-order valence-corrected chi connectivity index (χ1v) is 7.90. The average molecular weight is 326 g/mol. The number of likely N-dealkylation sites (tertiary alicyclic amines) is 1. The average Bonchev–Trinajstić information content (AvgIpc) is 3.34. The van der Waals surface area contributed by atoms with Gasteiger partial charge in [-0.05, 0) is 25.5 Å². The Bertz CT molecular complexity index is 842. The van der Waals surface area contributed by atoms with Gasteiger partial charge < -0.3 is 10.2 Å². The van der Waals surface area contributed by atoms with Crippen molar-refractivity contribution in [1.29, 1.82) is 0 Å². The molecular formula is C15H18N8O. The Morgan fingerprint density at radius 1 is 1.42 bits per heavy atom. The Balaban J connectivity index is 1.40. The molecular weight excluding hydrogens is 308 g/mol. The summed E-state index contributed by atoms with van der Waals surface area (Å²) >= 11 is 0. The van der Waals surface area contributed by atoms with E-state index in [-0.39, 0.29) is 18.0 Å². The molecule has 1 amide bonds. The molecule has 1 fully saturated rings. The zero-order valence-corrected chi connectivity index (χ0v) is 13.3. The molecule has 0 unspecified atom stereocenters. The molecule has 0 aromatic carbocycles. The van der Waals surface area contributed by atoms with Gasteiger partial charge in [0, 0.05) is 31.5 Å². The van der Waals surface area contributed by atoms with Gasteiger partial charge >= 0.3 is 0 Å². The number of carbonyl (C=O) groups excluding carboxylic acids is 1. The molecule has 0 radical (unpaired) electrons. The predicted octanol–water partition coefficient (Wildman–Crippen LogP) is 0.595. The number of amides is 1. The quantitative estimate of drug-likeness (QED) is 0.754. The Labute approximate surface area is 138 Å². The lowest BCUT2D eigenvalue weighted by molar-refractivity contribution is -0.133. The van der Waals surface area contributed by atoms with E-state index in [1.807, 2.05) is 30.2 Å². The van der Waals surface area contributed by atoms with E-state index in [1.165, 1.54) is 6.33 Å². The summed E-state index contributed by atoms with van der Waals surface area (Å²) in [4.78, 5) is 22.5. The van der Waals surface area contributed by atoms with Gasteiger partial charge in [-0.2, -0.15) is 5.10 Å². The molecule has 3 aromatic rings. The van der Waals surface area contributed by atoms with Crippen LogP contribution in [0.25, 0.3) is 5.65 Å². The van der Waals surface area contributed by atoms with Crippen molar-refractivity contribution in [3.8, 4) is 0 Å². The lowest BCUT2D eigenvalue weighted by atomic mass is 10.2. The monoisotopic (exact) mass is 326 g/mol. The minimum atomic E-state index is -0.341. The van der Waals surface area contributed by atoms with Gasteiger partial charge in [-0.3, -0.25) is 4.79 Å². The fourth-order valence-electron chi connectivity index (χ4n) is 2.97. The molecule has 3 aromatic heterocycles. The van der Waals surface area contributed by atoms with Gasteiger partial charge in [0.05, 0.1) is 0 Å². The highest BCUT2D eigenvalue weighted by atomic mass is 16.2. The number of rotatable bonds is 4. The standard InChI is InChI=1S/C15H18N8O/c1-11(23-10-16-9-18-23)15(24)21-6-4-12(8-21)19-13-2-3-14-17-5-7-22(14)20-13/h2-3,5,7,9-12H,4,6,8H2,1H3,(H,19,20)/t11-,12+/m1/s1. The van der Waals surface area contributed by atoms with Crippen LogP contribution in [-0.4, -0.2) is 59.3 Å². The molecule has 24 heavy (non-hydrogen) atoms. The molecule has 0 aliphatic carbocycles. The summed E-state index contributed by atoms with van der Waals surface area (Å²) in [5.74, 6) is 0.840. The highest BCUT2D eigenvalue weighted by molar-refractivity contribution is 5.80. The Hall–Kier alpha value is -2.97. The first kappa shape index (κ1) is 14.6. The number of aromatic nitrogens is 6. The largest absolute Gasteiger partial charge is 0.364 e. The highest BCUT2D eigenvalue weighted by Gasteiger charge is 2.30. The minimum Gasteiger partial charge on any atom is -0.364 e. The maximum absolute atomic E-state index is 12.6. The lowest BCUT2D eigenvalue weighted by Crippen LogP contribution is -2.36. The van der Waals surface area contributed by atoms with Crippen LogP contribution < -0.4 is 5.32 Å². The summed E-state index contributed by atoms with van der Waals surface area (Å²) in [7, 11) is 0. The fourth-order valence-corrected chi connectivity index (χ4v) is 2.97. The van der Waals surface area contributed by atoms with Crippen LogP contribution in [0.1, 0.15) is 19.4 Å². The Morgan fingerprint density at radius 2 is 2.33 bits per heavy atom. The van der Waals surface area contributed by atoms with Gasteiger partial charge in [0.2, 0.25) is 5.91 Å². The Morgan fingerprint density at radius 3 is 3.17 bits per heavy atom. The number of anilines is 1. The van der Waals surface area contributed by atoms with E-state index in [0.717, 1.165) is 24.4 Å². The van der Waals surface area contributed by atoms with E-state index in [2.05, 4.69) is 25.5 Å². The summed E-state index contributed by atoms with van der Waals surface area (Å²) in [6.07, 6.45) is 7.42. The van der Waals surface area contributed by atoms with E-state index in [9.17, 15) is 4.79 Å². The summed E-state index contributed by atoms with van der Waals surface area (Å²) in [6.45, 7) is 3.22. The molecule has 1 aliphatic heterocycles. The van der Waals surface area contributed by atoms with Crippen LogP contribution in [0.5, 0.6) is 0 Å². The third-order valence-electron chi connectivity index (χ3n) is 4.30. The number of nitrogens with zero attached hydrogens (tertiary/aromatic N) is 7. The van der Waals surface area contributed by atoms with Crippen molar-refractivity contribution in [2.45, 2.75) is 25.4 Å². The number of hydrogen-bond acceptors (Lipinski definition) is 6. The fraction of sp³-hybridized carbons (Fsp3) is 0.400. The van der Waals surface area contributed by atoms with Gasteiger partial charge in [0.1, 0.15) is 24.5 Å². The van der Waals surface area contributed by atoms with Gasteiger partial charge in [-0.1, -0.05) is 0 Å². The van der Waals surface area contributed by atoms with Crippen LogP contribution >= 0.6 is 0 Å². The predicted molar refractivity (Wildman–Crippen MR) is 86.3 cm³/mol. The van der Waals surface area contributed by atoms with Crippen molar-refractivity contribution in [3.05, 3.63) is 37.2 Å². The van der Waals surface area contributed by atoms with Gasteiger partial charge in [0.15, 0.2) is 5.65 Å². The molecule has 2 atom stereocenters. The van der Waals surface area contributed by atoms with Gasteiger partial charge in [0.25, 0.3) is 0 Å². The van der Waals surface area contributed by atoms with Crippen LogP contribution in [0.3, 0.4) is 0 Å². The molecule has 0 saturated carbocycles. The number of imidazole rings is 1. The van der Waals surface area contributed by atoms with Crippen molar-refractivity contribution >= 4 is 17.4 Å². The van der Waals surface area contributed by atoms with Crippen molar-refractivity contribution in [3.63, 3.8) is 0 Å². The van der Waals surface area contributed by atoms with Gasteiger partial charge in [-0.25, -0.2) is 19.2 Å². The molecule has 9 nitrogen and oxygen atoms in total. The van der Waals surface area contributed by atoms with E-state index >= 15 is 0 Å². The van der Waals surface area contributed by atoms with E-state index in [0.29, 0.717) is 6.54 Å². The van der Waals surface area contributed by atoms with Crippen LogP contribution in [0.2, 0.25) is 0 Å². The van der Waals surface area contributed by atoms with E-state index < -0.39 is 0 Å². The maximum atomic E-state index is 12.6. The molecule has 4 rings (SSSR count). The summed E-state index contributed by atoms with van der Waals surface area (Å²) < 4.78 is 3.31. The van der Waals surface area contributed by atoms with Crippen LogP contribution in [-0.2, 0) is 4.79 Å². The second-order valence-corrected chi connectivity index (χ2v) is 5.91. The third kappa shape index (κ3) is 2.68. The third-order valence-corrected chi connectivity index (χ3v) is 4.30. The molecule has 0 bridgehead atoms. The molecule has 1 aliphatic rings. The number of hydrogen-bond donors (Lipinski definition) is 1. The van der Waals surface area contributed by atoms with Crippen molar-refractivity contribution in [2.24, 2.45) is 0 Å². The normalized spacial score (nSPS) is 18.9. The topological polar surface area (TPSA) is 93.2 Å². The molecule has 1 saturated heterocycles. The second kappa shape index (κ2) is 5.91. The smallest absolute Gasteiger partial charge is 0.247 e. The van der Waals surface area contributed by atoms with Crippen LogP contribution in [0.4, 0.5) is 5.82 Å². The summed E-state index contributed by atoms with van der Waals surface area (Å²) in [6, 6.07) is 3.67. The maximum Gasteiger partial charge on any atom is 0.247 e. The minimum absolute atomic E-state index is 0.0582. The molecule has 4 heterocycles. The second-order valence-electron chi connectivity index (χ2n) is 5.91. The summed E-state index contributed by atoms with van der Waals surface area (Å²) in [5, 5.41) is 11.9. The number of nitrogens with one attached hydrogen (secondary N) is 1. The first-order chi connectivity index (χ1) is 11.7. The first-order valence-electron chi connectivity index (χ1n) is 7.90. The molecule has 1 N–H and O–H groups in total. The van der Waals surface area contributed by atoms with Crippen LogP contribution in [0, 0.1) is 0 Å².